The highest BCUT2D eigenvalue weighted by Gasteiger charge is 2.18. The van der Waals surface area contributed by atoms with E-state index in [1.165, 1.54) is 0 Å². The monoisotopic (exact) mass is 424 g/mol. The fourth-order valence-electron chi connectivity index (χ4n) is 3.15. The topological polar surface area (TPSA) is 99.8 Å². The molecule has 0 aliphatic carbocycles. The highest BCUT2D eigenvalue weighted by molar-refractivity contribution is 5.98. The van der Waals surface area contributed by atoms with Crippen molar-refractivity contribution in [1.82, 2.24) is 10.2 Å². The molecule has 8 heteroatoms. The maximum Gasteiger partial charge on any atom is 0.254 e. The van der Waals surface area contributed by atoms with Crippen LogP contribution in [0.15, 0.2) is 48.5 Å². The number of rotatable bonds is 7. The Morgan fingerprint density at radius 1 is 0.968 bits per heavy atom. The number of nitrogens with zero attached hydrogens (tertiary/aromatic N) is 1. The Hall–Kier alpha value is -3.39. The summed E-state index contributed by atoms with van der Waals surface area (Å²) < 4.78 is 5.27. The number of benzene rings is 2. The average molecular weight is 425 g/mol. The van der Waals surface area contributed by atoms with Crippen molar-refractivity contribution in [2.24, 2.45) is 0 Å². The Morgan fingerprint density at radius 2 is 1.68 bits per heavy atom. The Kier molecular flexibility index (Phi) is 7.61. The average Bonchev–Trinajstić information content (AvgIpc) is 2.78. The van der Waals surface area contributed by atoms with Crippen molar-refractivity contribution < 1.29 is 19.1 Å². The molecule has 164 valence electrons. The lowest BCUT2D eigenvalue weighted by Crippen LogP contribution is -2.40. The third kappa shape index (κ3) is 6.55. The van der Waals surface area contributed by atoms with Crippen molar-refractivity contribution in [2.45, 2.75) is 19.9 Å². The van der Waals surface area contributed by atoms with Crippen LogP contribution >= 0.6 is 0 Å². The summed E-state index contributed by atoms with van der Waals surface area (Å²) >= 11 is 0. The lowest BCUT2D eigenvalue weighted by atomic mass is 10.1. The van der Waals surface area contributed by atoms with Gasteiger partial charge in [0, 0.05) is 41.6 Å². The number of carbonyl (C=O) groups excluding carboxylic acids is 3. The number of nitrogens with one attached hydrogen (secondary N) is 3. The molecule has 3 N–H and O–H groups in total. The Balaban J connectivity index is 1.50. The van der Waals surface area contributed by atoms with Gasteiger partial charge in [0.15, 0.2) is 0 Å². The van der Waals surface area contributed by atoms with Gasteiger partial charge in [-0.3, -0.25) is 14.4 Å². The minimum absolute atomic E-state index is 0.0195. The molecule has 2 aromatic rings. The molecule has 31 heavy (non-hydrogen) atoms. The van der Waals surface area contributed by atoms with Crippen LogP contribution in [0, 0.1) is 0 Å². The second-order valence-electron chi connectivity index (χ2n) is 7.59. The zero-order valence-corrected chi connectivity index (χ0v) is 17.8. The quantitative estimate of drug-likeness (QED) is 0.634. The van der Waals surface area contributed by atoms with Crippen molar-refractivity contribution in [2.75, 3.05) is 43.5 Å². The van der Waals surface area contributed by atoms with Crippen molar-refractivity contribution >= 4 is 29.1 Å². The van der Waals surface area contributed by atoms with E-state index in [1.807, 2.05) is 13.8 Å². The molecule has 0 aromatic heterocycles. The number of hydrogen-bond donors (Lipinski definition) is 3. The van der Waals surface area contributed by atoms with Gasteiger partial charge in [-0.15, -0.1) is 0 Å². The van der Waals surface area contributed by atoms with E-state index in [1.54, 1.807) is 53.4 Å². The maximum absolute atomic E-state index is 12.5. The number of hydrogen-bond acceptors (Lipinski definition) is 5. The molecule has 3 rings (SSSR count). The van der Waals surface area contributed by atoms with E-state index in [-0.39, 0.29) is 30.3 Å². The van der Waals surface area contributed by atoms with Gasteiger partial charge in [0.2, 0.25) is 5.91 Å². The molecule has 1 saturated heterocycles. The molecule has 1 heterocycles. The molecule has 1 fully saturated rings. The van der Waals surface area contributed by atoms with E-state index in [2.05, 4.69) is 16.0 Å². The molecule has 0 spiro atoms. The van der Waals surface area contributed by atoms with Gasteiger partial charge in [0.05, 0.1) is 19.8 Å². The van der Waals surface area contributed by atoms with Crippen LogP contribution in [0.25, 0.3) is 0 Å². The van der Waals surface area contributed by atoms with Crippen LogP contribution in [0.4, 0.5) is 11.4 Å². The summed E-state index contributed by atoms with van der Waals surface area (Å²) in [4.78, 5) is 38.6. The van der Waals surface area contributed by atoms with Crippen molar-refractivity contribution in [3.63, 3.8) is 0 Å². The van der Waals surface area contributed by atoms with E-state index in [0.29, 0.717) is 43.1 Å². The number of carbonyl (C=O) groups is 3. The number of morpholine rings is 1. The van der Waals surface area contributed by atoms with Gasteiger partial charge in [-0.1, -0.05) is 6.07 Å². The molecule has 0 saturated carbocycles. The number of amides is 3. The Labute approximate surface area is 182 Å². The molecule has 1 aliphatic heterocycles. The number of anilines is 2. The summed E-state index contributed by atoms with van der Waals surface area (Å²) in [5, 5.41) is 8.64. The van der Waals surface area contributed by atoms with Crippen LogP contribution in [-0.2, 0) is 9.53 Å². The molecule has 0 unspecified atom stereocenters. The van der Waals surface area contributed by atoms with Gasteiger partial charge >= 0.3 is 0 Å². The highest BCUT2D eigenvalue weighted by atomic mass is 16.5. The fraction of sp³-hybridized carbons (Fsp3) is 0.348. The van der Waals surface area contributed by atoms with Crippen molar-refractivity contribution in [3.05, 3.63) is 59.7 Å². The largest absolute Gasteiger partial charge is 0.378 e. The molecule has 2 aromatic carbocycles. The summed E-state index contributed by atoms with van der Waals surface area (Å²) in [7, 11) is 0. The van der Waals surface area contributed by atoms with Crippen molar-refractivity contribution in [3.8, 4) is 0 Å². The Bertz CT molecular complexity index is 921. The normalized spacial score (nSPS) is 13.6. The molecule has 0 atom stereocenters. The first kappa shape index (κ1) is 22.3. The second-order valence-corrected chi connectivity index (χ2v) is 7.59. The van der Waals surface area contributed by atoms with E-state index in [9.17, 15) is 14.4 Å². The second kappa shape index (κ2) is 10.6. The third-order valence-electron chi connectivity index (χ3n) is 4.71. The van der Waals surface area contributed by atoms with Gasteiger partial charge in [-0.2, -0.15) is 0 Å². The summed E-state index contributed by atoms with van der Waals surface area (Å²) in [6, 6.07) is 13.9. The minimum atomic E-state index is -0.241. The van der Waals surface area contributed by atoms with Crippen molar-refractivity contribution in [1.29, 1.82) is 0 Å². The number of ether oxygens (including phenoxy) is 1. The highest BCUT2D eigenvalue weighted by Crippen LogP contribution is 2.14. The fourth-order valence-corrected chi connectivity index (χ4v) is 3.15. The lowest BCUT2D eigenvalue weighted by Gasteiger charge is -2.26. The predicted octanol–water partition coefficient (Wildman–Crippen LogP) is 2.35. The summed E-state index contributed by atoms with van der Waals surface area (Å²) in [6.07, 6.45) is 0. The molecule has 0 radical (unpaired) electrons. The van der Waals surface area contributed by atoms with Gasteiger partial charge in [0.25, 0.3) is 11.8 Å². The molecular formula is C23H28N4O4. The standard InChI is InChI=1S/C23H28N4O4/c1-16(2)25-22(29)18-4-3-5-20(14-18)26-21(28)15-24-19-8-6-17(7-9-19)23(30)27-10-12-31-13-11-27/h3-9,14,16,24H,10-13,15H2,1-2H3,(H,25,29)(H,26,28). The minimum Gasteiger partial charge on any atom is -0.378 e. The third-order valence-corrected chi connectivity index (χ3v) is 4.71. The van der Waals surface area contributed by atoms with E-state index >= 15 is 0 Å². The lowest BCUT2D eigenvalue weighted by molar-refractivity contribution is -0.114. The first-order chi connectivity index (χ1) is 14.9. The first-order valence-corrected chi connectivity index (χ1v) is 10.3. The predicted molar refractivity (Wildman–Crippen MR) is 119 cm³/mol. The SMILES string of the molecule is CC(C)NC(=O)c1cccc(NC(=O)CNc2ccc(C(=O)N3CCOCC3)cc2)c1. The zero-order valence-electron chi connectivity index (χ0n) is 17.8. The molecular weight excluding hydrogens is 396 g/mol. The summed E-state index contributed by atoms with van der Waals surface area (Å²) in [5.74, 6) is -0.445. The van der Waals surface area contributed by atoms with Crippen LogP contribution < -0.4 is 16.0 Å². The van der Waals surface area contributed by atoms with Gasteiger partial charge in [-0.05, 0) is 56.3 Å². The van der Waals surface area contributed by atoms with Crippen LogP contribution in [-0.4, -0.2) is 61.5 Å². The van der Waals surface area contributed by atoms with Crippen LogP contribution in [0.3, 0.4) is 0 Å². The van der Waals surface area contributed by atoms with Crippen LogP contribution in [0.1, 0.15) is 34.6 Å². The Morgan fingerprint density at radius 3 is 2.35 bits per heavy atom. The maximum atomic E-state index is 12.5. The summed E-state index contributed by atoms with van der Waals surface area (Å²) in [6.45, 7) is 6.15. The van der Waals surface area contributed by atoms with Gasteiger partial charge in [0.1, 0.15) is 0 Å². The van der Waals surface area contributed by atoms with Crippen LogP contribution in [0.5, 0.6) is 0 Å². The molecule has 1 aliphatic rings. The van der Waals surface area contributed by atoms with E-state index in [0.717, 1.165) is 5.69 Å². The van der Waals surface area contributed by atoms with E-state index in [4.69, 9.17) is 4.74 Å². The summed E-state index contributed by atoms with van der Waals surface area (Å²) in [5.41, 5.74) is 2.38. The van der Waals surface area contributed by atoms with E-state index < -0.39 is 0 Å². The van der Waals surface area contributed by atoms with Gasteiger partial charge in [-0.25, -0.2) is 0 Å². The molecule has 3 amide bonds. The van der Waals surface area contributed by atoms with Crippen LogP contribution in [0.2, 0.25) is 0 Å². The smallest absolute Gasteiger partial charge is 0.254 e. The first-order valence-electron chi connectivity index (χ1n) is 10.3. The molecule has 8 nitrogen and oxygen atoms in total. The van der Waals surface area contributed by atoms with Gasteiger partial charge < -0.3 is 25.6 Å². The zero-order chi connectivity index (χ0) is 22.2. The molecule has 0 bridgehead atoms.